The van der Waals surface area contributed by atoms with Crippen LogP contribution in [0, 0.1) is 10.1 Å². The molecule has 1 amide bonds. The van der Waals surface area contributed by atoms with E-state index in [0.29, 0.717) is 13.0 Å². The zero-order valence-electron chi connectivity index (χ0n) is 11.4. The first kappa shape index (κ1) is 14.5. The largest absolute Gasteiger partial charge is 0.368 e. The van der Waals surface area contributed by atoms with Gasteiger partial charge in [-0.3, -0.25) is 14.9 Å². The molecule has 108 valence electrons. The van der Waals surface area contributed by atoms with E-state index < -0.39 is 4.92 Å². The molecular weight excluding hydrogens is 260 g/mol. The van der Waals surface area contributed by atoms with Gasteiger partial charge >= 0.3 is 0 Å². The smallest absolute Gasteiger partial charge is 0.269 e. The first-order valence-electron chi connectivity index (χ1n) is 6.78. The van der Waals surface area contributed by atoms with E-state index in [1.54, 1.807) is 12.1 Å². The van der Waals surface area contributed by atoms with Gasteiger partial charge in [0.25, 0.3) is 5.69 Å². The zero-order chi connectivity index (χ0) is 14.5. The third kappa shape index (κ3) is 3.33. The van der Waals surface area contributed by atoms with Crippen molar-refractivity contribution in [1.29, 1.82) is 0 Å². The van der Waals surface area contributed by atoms with Gasteiger partial charge in [0.1, 0.15) is 6.10 Å². The van der Waals surface area contributed by atoms with Gasteiger partial charge in [0.15, 0.2) is 0 Å². The Morgan fingerprint density at radius 2 is 2.40 bits per heavy atom. The van der Waals surface area contributed by atoms with Crippen LogP contribution in [0.4, 0.5) is 5.69 Å². The van der Waals surface area contributed by atoms with Crippen LogP contribution in [0.15, 0.2) is 24.3 Å². The third-order valence-electron chi connectivity index (χ3n) is 3.43. The minimum Gasteiger partial charge on any atom is -0.368 e. The summed E-state index contributed by atoms with van der Waals surface area (Å²) in [6.45, 7) is 2.55. The van der Waals surface area contributed by atoms with Crippen LogP contribution in [0.1, 0.15) is 37.8 Å². The standard InChI is InChI=1S/C14H18N2O4/c1-2-12(15-14(17)13-7-4-8-20-13)10-5-3-6-11(9-10)16(18)19/h3,5-6,9,12-13H,2,4,7-8H2,1H3,(H,15,17)/t12-,13-/m1/s1. The highest BCUT2D eigenvalue weighted by Gasteiger charge is 2.25. The van der Waals surface area contributed by atoms with E-state index >= 15 is 0 Å². The fourth-order valence-electron chi connectivity index (χ4n) is 2.33. The molecule has 1 heterocycles. The number of carbonyl (C=O) groups is 1. The lowest BCUT2D eigenvalue weighted by Gasteiger charge is -2.19. The molecule has 0 saturated carbocycles. The van der Waals surface area contributed by atoms with Crippen LogP contribution >= 0.6 is 0 Å². The zero-order valence-corrected chi connectivity index (χ0v) is 11.4. The summed E-state index contributed by atoms with van der Waals surface area (Å²) >= 11 is 0. The summed E-state index contributed by atoms with van der Waals surface area (Å²) in [6, 6.07) is 6.14. The van der Waals surface area contributed by atoms with Crippen molar-refractivity contribution >= 4 is 11.6 Å². The van der Waals surface area contributed by atoms with Gasteiger partial charge in [0.2, 0.25) is 5.91 Å². The number of nitrogens with one attached hydrogen (secondary N) is 1. The van der Waals surface area contributed by atoms with Gasteiger partial charge in [-0.25, -0.2) is 0 Å². The maximum Gasteiger partial charge on any atom is 0.269 e. The molecule has 6 nitrogen and oxygen atoms in total. The monoisotopic (exact) mass is 278 g/mol. The summed E-state index contributed by atoms with van der Waals surface area (Å²) in [7, 11) is 0. The summed E-state index contributed by atoms with van der Waals surface area (Å²) in [5, 5.41) is 13.7. The molecule has 0 radical (unpaired) electrons. The Bertz CT molecular complexity index is 498. The first-order valence-corrected chi connectivity index (χ1v) is 6.78. The van der Waals surface area contributed by atoms with E-state index in [1.165, 1.54) is 12.1 Å². The summed E-state index contributed by atoms with van der Waals surface area (Å²) in [5.74, 6) is -0.138. The van der Waals surface area contributed by atoms with Crippen molar-refractivity contribution in [2.24, 2.45) is 0 Å². The van der Waals surface area contributed by atoms with Crippen LogP contribution in [0.5, 0.6) is 0 Å². The molecule has 0 aliphatic carbocycles. The number of hydrogen-bond donors (Lipinski definition) is 1. The van der Waals surface area contributed by atoms with Crippen LogP contribution in [-0.2, 0) is 9.53 Å². The molecule has 0 unspecified atom stereocenters. The molecule has 1 N–H and O–H groups in total. The van der Waals surface area contributed by atoms with Crippen molar-refractivity contribution < 1.29 is 14.5 Å². The summed E-state index contributed by atoms with van der Waals surface area (Å²) < 4.78 is 5.34. The Morgan fingerprint density at radius 3 is 3.00 bits per heavy atom. The van der Waals surface area contributed by atoms with Crippen LogP contribution in [0.25, 0.3) is 0 Å². The van der Waals surface area contributed by atoms with Crippen molar-refractivity contribution in [3.05, 3.63) is 39.9 Å². The molecule has 1 fully saturated rings. The fourth-order valence-corrected chi connectivity index (χ4v) is 2.33. The predicted octanol–water partition coefficient (Wildman–Crippen LogP) is 2.34. The fraction of sp³-hybridized carbons (Fsp3) is 0.500. The number of benzene rings is 1. The lowest BCUT2D eigenvalue weighted by atomic mass is 10.0. The molecule has 0 aromatic heterocycles. The number of non-ortho nitro benzene ring substituents is 1. The second kappa shape index (κ2) is 6.47. The molecule has 6 heteroatoms. The number of nitro benzene ring substituents is 1. The van der Waals surface area contributed by atoms with Gasteiger partial charge in [-0.1, -0.05) is 19.1 Å². The normalized spacial score (nSPS) is 19.6. The molecule has 1 aliphatic rings. The lowest BCUT2D eigenvalue weighted by Crippen LogP contribution is -2.36. The quantitative estimate of drug-likeness (QED) is 0.662. The van der Waals surface area contributed by atoms with Crippen molar-refractivity contribution in [3.8, 4) is 0 Å². The molecule has 1 aromatic rings. The number of ether oxygens (including phenoxy) is 1. The maximum atomic E-state index is 12.0. The molecule has 1 saturated heterocycles. The van der Waals surface area contributed by atoms with Gasteiger partial charge in [0, 0.05) is 18.7 Å². The van der Waals surface area contributed by atoms with Crippen LogP contribution in [0.2, 0.25) is 0 Å². The molecule has 0 bridgehead atoms. The molecular formula is C14H18N2O4. The van der Waals surface area contributed by atoms with Gasteiger partial charge in [-0.05, 0) is 24.8 Å². The highest BCUT2D eigenvalue weighted by atomic mass is 16.6. The van der Waals surface area contributed by atoms with Crippen molar-refractivity contribution in [2.75, 3.05) is 6.61 Å². The highest BCUT2D eigenvalue weighted by molar-refractivity contribution is 5.81. The molecule has 1 aliphatic heterocycles. The molecule has 2 atom stereocenters. The second-order valence-electron chi connectivity index (χ2n) is 4.82. The Labute approximate surface area is 117 Å². The van der Waals surface area contributed by atoms with Crippen LogP contribution in [-0.4, -0.2) is 23.5 Å². The molecule has 1 aromatic carbocycles. The van der Waals surface area contributed by atoms with E-state index in [1.807, 2.05) is 6.92 Å². The topological polar surface area (TPSA) is 81.5 Å². The molecule has 20 heavy (non-hydrogen) atoms. The Morgan fingerprint density at radius 1 is 1.60 bits per heavy atom. The van der Waals surface area contributed by atoms with Gasteiger partial charge in [-0.2, -0.15) is 0 Å². The number of amides is 1. The second-order valence-corrected chi connectivity index (χ2v) is 4.82. The van der Waals surface area contributed by atoms with E-state index in [0.717, 1.165) is 18.4 Å². The number of rotatable bonds is 5. The number of hydrogen-bond acceptors (Lipinski definition) is 4. The molecule has 0 spiro atoms. The number of nitro groups is 1. The minimum absolute atomic E-state index is 0.0346. The highest BCUT2D eigenvalue weighted by Crippen LogP contribution is 2.22. The Balaban J connectivity index is 2.09. The summed E-state index contributed by atoms with van der Waals surface area (Å²) in [5.41, 5.74) is 0.778. The van der Waals surface area contributed by atoms with Gasteiger partial charge in [-0.15, -0.1) is 0 Å². The van der Waals surface area contributed by atoms with E-state index in [2.05, 4.69) is 5.32 Å². The summed E-state index contributed by atoms with van der Waals surface area (Å²) in [6.07, 6.45) is 1.91. The van der Waals surface area contributed by atoms with Gasteiger partial charge < -0.3 is 10.1 Å². The van der Waals surface area contributed by atoms with E-state index in [4.69, 9.17) is 4.74 Å². The summed E-state index contributed by atoms with van der Waals surface area (Å²) in [4.78, 5) is 22.4. The number of carbonyl (C=O) groups excluding carboxylic acids is 1. The lowest BCUT2D eigenvalue weighted by molar-refractivity contribution is -0.384. The van der Waals surface area contributed by atoms with Crippen molar-refractivity contribution in [2.45, 2.75) is 38.3 Å². The maximum absolute atomic E-state index is 12.0. The Kier molecular flexibility index (Phi) is 4.68. The van der Waals surface area contributed by atoms with E-state index in [-0.39, 0.29) is 23.7 Å². The Hall–Kier alpha value is -1.95. The average Bonchev–Trinajstić information content (AvgIpc) is 2.99. The van der Waals surface area contributed by atoms with Crippen molar-refractivity contribution in [3.63, 3.8) is 0 Å². The van der Waals surface area contributed by atoms with Gasteiger partial charge in [0.05, 0.1) is 11.0 Å². The first-order chi connectivity index (χ1) is 9.61. The average molecular weight is 278 g/mol. The third-order valence-corrected chi connectivity index (χ3v) is 3.43. The van der Waals surface area contributed by atoms with Crippen LogP contribution < -0.4 is 5.32 Å². The van der Waals surface area contributed by atoms with Crippen LogP contribution in [0.3, 0.4) is 0 Å². The minimum atomic E-state index is -0.432. The number of nitrogens with zero attached hydrogens (tertiary/aromatic N) is 1. The SMILES string of the molecule is CC[C@@H](NC(=O)[C@H]1CCCO1)c1cccc([N+](=O)[O-])c1. The van der Waals surface area contributed by atoms with E-state index in [9.17, 15) is 14.9 Å². The predicted molar refractivity (Wildman–Crippen MR) is 73.2 cm³/mol. The van der Waals surface area contributed by atoms with Crippen molar-refractivity contribution in [1.82, 2.24) is 5.32 Å². The molecule has 2 rings (SSSR count).